The molecule has 0 bridgehead atoms. The van der Waals surface area contributed by atoms with Crippen molar-refractivity contribution < 1.29 is 9.53 Å². The number of amides is 1. The van der Waals surface area contributed by atoms with Crippen molar-refractivity contribution in [3.05, 3.63) is 53.9 Å². The number of benzene rings is 1. The van der Waals surface area contributed by atoms with Gasteiger partial charge in [0.1, 0.15) is 11.4 Å². The van der Waals surface area contributed by atoms with Crippen LogP contribution in [0, 0.1) is 0 Å². The second-order valence-corrected chi connectivity index (χ2v) is 3.94. The molecule has 0 atom stereocenters. The van der Waals surface area contributed by atoms with E-state index < -0.39 is 0 Å². The molecular formula is C14H16N2O2. The number of hydrogen-bond donors (Lipinski definition) is 2. The van der Waals surface area contributed by atoms with Crippen molar-refractivity contribution in [3.8, 4) is 5.75 Å². The second-order valence-electron chi connectivity index (χ2n) is 3.94. The second kappa shape index (κ2) is 5.91. The number of nitrogens with one attached hydrogen (secondary N) is 2. The molecule has 4 heteroatoms. The third-order valence-corrected chi connectivity index (χ3v) is 2.70. The first kappa shape index (κ1) is 12.2. The molecule has 0 aliphatic rings. The number of carbonyl (C=O) groups is 1. The highest BCUT2D eigenvalue weighted by atomic mass is 16.5. The normalized spacial score (nSPS) is 10.1. The van der Waals surface area contributed by atoms with Crippen LogP contribution in [-0.4, -0.2) is 24.5 Å². The van der Waals surface area contributed by atoms with Gasteiger partial charge in [-0.05, 0) is 36.2 Å². The average Bonchev–Trinajstić information content (AvgIpc) is 2.93. The Morgan fingerprint density at radius 3 is 2.67 bits per heavy atom. The molecule has 94 valence electrons. The Bertz CT molecular complexity index is 489. The summed E-state index contributed by atoms with van der Waals surface area (Å²) in [5.74, 6) is 0.766. The van der Waals surface area contributed by atoms with Crippen molar-refractivity contribution in [1.82, 2.24) is 10.3 Å². The van der Waals surface area contributed by atoms with Crippen molar-refractivity contribution in [2.45, 2.75) is 6.42 Å². The number of H-pyrrole nitrogens is 1. The molecule has 0 unspecified atom stereocenters. The van der Waals surface area contributed by atoms with E-state index in [4.69, 9.17) is 4.74 Å². The molecule has 4 nitrogen and oxygen atoms in total. The Morgan fingerprint density at radius 2 is 2.06 bits per heavy atom. The van der Waals surface area contributed by atoms with Crippen LogP contribution in [0.4, 0.5) is 0 Å². The highest BCUT2D eigenvalue weighted by molar-refractivity contribution is 5.92. The van der Waals surface area contributed by atoms with Crippen LogP contribution in [0.5, 0.6) is 5.75 Å². The van der Waals surface area contributed by atoms with Gasteiger partial charge in [0, 0.05) is 12.7 Å². The lowest BCUT2D eigenvalue weighted by Crippen LogP contribution is -2.25. The fourth-order valence-electron chi connectivity index (χ4n) is 1.68. The SMILES string of the molecule is COc1ccc(CCNC(=O)c2ccc[nH]2)cc1. The van der Waals surface area contributed by atoms with E-state index in [1.807, 2.05) is 24.3 Å². The monoisotopic (exact) mass is 244 g/mol. The number of methoxy groups -OCH3 is 1. The Balaban J connectivity index is 1.79. The molecule has 0 fully saturated rings. The van der Waals surface area contributed by atoms with E-state index in [-0.39, 0.29) is 5.91 Å². The summed E-state index contributed by atoms with van der Waals surface area (Å²) in [5, 5.41) is 2.86. The molecule has 1 amide bonds. The van der Waals surface area contributed by atoms with Crippen LogP contribution in [-0.2, 0) is 6.42 Å². The van der Waals surface area contributed by atoms with Crippen molar-refractivity contribution in [1.29, 1.82) is 0 Å². The Hall–Kier alpha value is -2.23. The van der Waals surface area contributed by atoms with Gasteiger partial charge in [0.2, 0.25) is 0 Å². The van der Waals surface area contributed by atoms with Crippen LogP contribution in [0.3, 0.4) is 0 Å². The first-order valence-corrected chi connectivity index (χ1v) is 5.84. The molecule has 0 radical (unpaired) electrons. The molecule has 0 aliphatic heterocycles. The number of ether oxygens (including phenoxy) is 1. The van der Waals surface area contributed by atoms with E-state index in [9.17, 15) is 4.79 Å². The van der Waals surface area contributed by atoms with Gasteiger partial charge in [0.15, 0.2) is 0 Å². The Labute approximate surface area is 106 Å². The van der Waals surface area contributed by atoms with E-state index in [2.05, 4.69) is 10.3 Å². The summed E-state index contributed by atoms with van der Waals surface area (Å²) >= 11 is 0. The molecule has 0 saturated heterocycles. The van der Waals surface area contributed by atoms with Gasteiger partial charge in [0.25, 0.3) is 5.91 Å². The fraction of sp³-hybridized carbons (Fsp3) is 0.214. The summed E-state index contributed by atoms with van der Waals surface area (Å²) in [6.07, 6.45) is 2.54. The van der Waals surface area contributed by atoms with Crippen LogP contribution in [0.1, 0.15) is 16.1 Å². The first-order valence-electron chi connectivity index (χ1n) is 5.84. The summed E-state index contributed by atoms with van der Waals surface area (Å²) in [7, 11) is 1.64. The van der Waals surface area contributed by atoms with Crippen LogP contribution in [0.15, 0.2) is 42.6 Å². The van der Waals surface area contributed by atoms with Crippen LogP contribution in [0.2, 0.25) is 0 Å². The Morgan fingerprint density at radius 1 is 1.28 bits per heavy atom. The minimum absolute atomic E-state index is 0.0755. The summed E-state index contributed by atoms with van der Waals surface area (Å²) in [6.45, 7) is 0.615. The number of carbonyl (C=O) groups excluding carboxylic acids is 1. The molecule has 18 heavy (non-hydrogen) atoms. The molecule has 2 rings (SSSR count). The largest absolute Gasteiger partial charge is 0.497 e. The molecule has 1 aromatic heterocycles. The fourth-order valence-corrected chi connectivity index (χ4v) is 1.68. The maximum absolute atomic E-state index is 11.6. The van der Waals surface area contributed by atoms with E-state index in [1.54, 1.807) is 25.4 Å². The number of rotatable bonds is 5. The summed E-state index contributed by atoms with van der Waals surface area (Å²) < 4.78 is 5.09. The minimum atomic E-state index is -0.0755. The number of hydrogen-bond acceptors (Lipinski definition) is 2. The van der Waals surface area contributed by atoms with Gasteiger partial charge >= 0.3 is 0 Å². The van der Waals surface area contributed by atoms with Crippen molar-refractivity contribution in [2.75, 3.05) is 13.7 Å². The van der Waals surface area contributed by atoms with E-state index in [0.717, 1.165) is 12.2 Å². The molecule has 2 N–H and O–H groups in total. The molecule has 2 aromatic rings. The van der Waals surface area contributed by atoms with Gasteiger partial charge < -0.3 is 15.0 Å². The standard InChI is InChI=1S/C14H16N2O2/c1-18-12-6-4-11(5-7-12)8-10-16-14(17)13-3-2-9-15-13/h2-7,9,15H,8,10H2,1H3,(H,16,17). The average molecular weight is 244 g/mol. The van der Waals surface area contributed by atoms with E-state index in [1.165, 1.54) is 5.56 Å². The first-order chi connectivity index (χ1) is 8.79. The van der Waals surface area contributed by atoms with Crippen molar-refractivity contribution >= 4 is 5.91 Å². The summed E-state index contributed by atoms with van der Waals surface area (Å²) in [5.41, 5.74) is 1.76. The molecule has 1 aromatic carbocycles. The number of aromatic nitrogens is 1. The number of aromatic amines is 1. The van der Waals surface area contributed by atoms with Crippen LogP contribution in [0.25, 0.3) is 0 Å². The molecular weight excluding hydrogens is 228 g/mol. The highest BCUT2D eigenvalue weighted by Crippen LogP contribution is 2.11. The van der Waals surface area contributed by atoms with Crippen molar-refractivity contribution in [2.24, 2.45) is 0 Å². The topological polar surface area (TPSA) is 54.1 Å². The lowest BCUT2D eigenvalue weighted by atomic mass is 10.1. The third-order valence-electron chi connectivity index (χ3n) is 2.70. The molecule has 1 heterocycles. The lowest BCUT2D eigenvalue weighted by Gasteiger charge is -2.05. The molecule has 0 spiro atoms. The van der Waals surface area contributed by atoms with Gasteiger partial charge in [-0.1, -0.05) is 12.1 Å². The van der Waals surface area contributed by atoms with Crippen LogP contribution < -0.4 is 10.1 Å². The van der Waals surface area contributed by atoms with Crippen molar-refractivity contribution in [3.63, 3.8) is 0 Å². The van der Waals surface area contributed by atoms with Gasteiger partial charge in [-0.2, -0.15) is 0 Å². The zero-order valence-corrected chi connectivity index (χ0v) is 10.3. The predicted molar refractivity (Wildman–Crippen MR) is 69.8 cm³/mol. The Kier molecular flexibility index (Phi) is 4.02. The zero-order valence-electron chi connectivity index (χ0n) is 10.3. The smallest absolute Gasteiger partial charge is 0.267 e. The lowest BCUT2D eigenvalue weighted by molar-refractivity contribution is 0.0950. The van der Waals surface area contributed by atoms with Gasteiger partial charge in [-0.25, -0.2) is 0 Å². The minimum Gasteiger partial charge on any atom is -0.497 e. The molecule has 0 saturated carbocycles. The summed E-state index contributed by atoms with van der Waals surface area (Å²) in [6, 6.07) is 11.4. The maximum Gasteiger partial charge on any atom is 0.267 e. The van der Waals surface area contributed by atoms with Crippen LogP contribution >= 0.6 is 0 Å². The van der Waals surface area contributed by atoms with E-state index in [0.29, 0.717) is 12.2 Å². The quantitative estimate of drug-likeness (QED) is 0.845. The summed E-state index contributed by atoms with van der Waals surface area (Å²) in [4.78, 5) is 14.5. The highest BCUT2D eigenvalue weighted by Gasteiger charge is 2.04. The van der Waals surface area contributed by atoms with Gasteiger partial charge in [-0.15, -0.1) is 0 Å². The third kappa shape index (κ3) is 3.13. The van der Waals surface area contributed by atoms with Gasteiger partial charge in [0.05, 0.1) is 7.11 Å². The van der Waals surface area contributed by atoms with Gasteiger partial charge in [-0.3, -0.25) is 4.79 Å². The molecule has 0 aliphatic carbocycles. The maximum atomic E-state index is 11.6. The zero-order chi connectivity index (χ0) is 12.8. The van der Waals surface area contributed by atoms with E-state index >= 15 is 0 Å². The predicted octanol–water partition coefficient (Wildman–Crippen LogP) is 2.00.